The summed E-state index contributed by atoms with van der Waals surface area (Å²) in [5.74, 6) is 0.682. The Bertz CT molecular complexity index is 413. The molecule has 0 fully saturated rings. The summed E-state index contributed by atoms with van der Waals surface area (Å²) in [5, 5.41) is 12.1. The van der Waals surface area contributed by atoms with E-state index in [0.29, 0.717) is 18.1 Å². The van der Waals surface area contributed by atoms with E-state index in [0.717, 1.165) is 29.7 Å². The van der Waals surface area contributed by atoms with Gasteiger partial charge in [-0.1, -0.05) is 29.8 Å². The molecule has 1 aromatic rings. The molecule has 0 bridgehead atoms. The highest BCUT2D eigenvalue weighted by Crippen LogP contribution is 2.18. The molecule has 1 rings (SSSR count). The molecule has 0 unspecified atom stereocenters. The van der Waals surface area contributed by atoms with E-state index in [1.54, 1.807) is 6.07 Å². The summed E-state index contributed by atoms with van der Waals surface area (Å²) < 4.78 is 6.42. The third-order valence-corrected chi connectivity index (χ3v) is 2.90. The zero-order valence-electron chi connectivity index (χ0n) is 10.9. The van der Waals surface area contributed by atoms with Crippen LogP contribution in [-0.4, -0.2) is 19.8 Å². The van der Waals surface area contributed by atoms with Gasteiger partial charge in [0, 0.05) is 23.3 Å². The van der Waals surface area contributed by atoms with Gasteiger partial charge in [0.05, 0.1) is 18.2 Å². The molecule has 0 saturated carbocycles. The third kappa shape index (κ3) is 6.04. The fraction of sp³-hybridized carbons (Fsp3) is 0.500. The number of hydrogen-bond donors (Lipinski definition) is 1. The zero-order valence-corrected chi connectivity index (χ0v) is 12.5. The number of benzene rings is 1. The molecule has 4 heteroatoms. The Labute approximate surface area is 117 Å². The molecular weight excluding hydrogens is 292 g/mol. The standard InChI is InChI=1S/C14H19BrN2O/c1-11(2)3-5-18-6-4-17-14-8-12(10-16)7-13(15)9-14/h7-9,11,17H,3-6H2,1-2H3. The molecule has 0 amide bonds. The average Bonchev–Trinajstić information content (AvgIpc) is 2.32. The molecule has 1 N–H and O–H groups in total. The molecule has 3 nitrogen and oxygen atoms in total. The van der Waals surface area contributed by atoms with Gasteiger partial charge < -0.3 is 10.1 Å². The maximum absolute atomic E-state index is 8.86. The van der Waals surface area contributed by atoms with Gasteiger partial charge in [0.25, 0.3) is 0 Å². The average molecular weight is 311 g/mol. The molecule has 0 aromatic heterocycles. The SMILES string of the molecule is CC(C)CCOCCNc1cc(Br)cc(C#N)c1. The van der Waals surface area contributed by atoms with Crippen molar-refractivity contribution in [3.63, 3.8) is 0 Å². The predicted octanol–water partition coefficient (Wildman–Crippen LogP) is 3.80. The summed E-state index contributed by atoms with van der Waals surface area (Å²) in [6.45, 7) is 6.61. The molecule has 1 aromatic carbocycles. The highest BCUT2D eigenvalue weighted by Gasteiger charge is 1.99. The minimum absolute atomic E-state index is 0.646. The summed E-state index contributed by atoms with van der Waals surface area (Å²) in [4.78, 5) is 0. The summed E-state index contributed by atoms with van der Waals surface area (Å²) in [6.07, 6.45) is 1.09. The zero-order chi connectivity index (χ0) is 13.4. The van der Waals surface area contributed by atoms with E-state index < -0.39 is 0 Å². The van der Waals surface area contributed by atoms with Crippen LogP contribution in [0.15, 0.2) is 22.7 Å². The molecule has 0 atom stereocenters. The highest BCUT2D eigenvalue weighted by molar-refractivity contribution is 9.10. The van der Waals surface area contributed by atoms with Crippen molar-refractivity contribution in [1.82, 2.24) is 0 Å². The first kappa shape index (κ1) is 15.0. The number of nitriles is 1. The van der Waals surface area contributed by atoms with Crippen molar-refractivity contribution < 1.29 is 4.74 Å². The molecule has 0 saturated heterocycles. The van der Waals surface area contributed by atoms with Gasteiger partial charge in [-0.05, 0) is 30.5 Å². The topological polar surface area (TPSA) is 45.0 Å². The first-order valence-corrected chi connectivity index (χ1v) is 6.93. The first-order chi connectivity index (χ1) is 8.61. The van der Waals surface area contributed by atoms with Crippen LogP contribution in [0.25, 0.3) is 0 Å². The van der Waals surface area contributed by atoms with Gasteiger partial charge in [-0.25, -0.2) is 0 Å². The van der Waals surface area contributed by atoms with Crippen LogP contribution in [-0.2, 0) is 4.74 Å². The minimum atomic E-state index is 0.646. The van der Waals surface area contributed by atoms with Gasteiger partial charge in [0.1, 0.15) is 0 Å². The van der Waals surface area contributed by atoms with Crippen molar-refractivity contribution in [2.75, 3.05) is 25.1 Å². The lowest BCUT2D eigenvalue weighted by Gasteiger charge is -2.09. The monoisotopic (exact) mass is 310 g/mol. The number of anilines is 1. The van der Waals surface area contributed by atoms with Crippen molar-refractivity contribution in [3.05, 3.63) is 28.2 Å². The lowest BCUT2D eigenvalue weighted by Crippen LogP contribution is -2.10. The number of hydrogen-bond acceptors (Lipinski definition) is 3. The van der Waals surface area contributed by atoms with Crippen molar-refractivity contribution in [2.24, 2.45) is 5.92 Å². The predicted molar refractivity (Wildman–Crippen MR) is 77.6 cm³/mol. The van der Waals surface area contributed by atoms with Crippen LogP contribution < -0.4 is 5.32 Å². The number of nitrogens with one attached hydrogen (secondary N) is 1. The molecule has 0 radical (unpaired) electrons. The van der Waals surface area contributed by atoms with Gasteiger partial charge in [0.15, 0.2) is 0 Å². The van der Waals surface area contributed by atoms with Crippen molar-refractivity contribution in [3.8, 4) is 6.07 Å². The molecule has 18 heavy (non-hydrogen) atoms. The summed E-state index contributed by atoms with van der Waals surface area (Å²) in [6, 6.07) is 7.71. The molecule has 0 aliphatic carbocycles. The van der Waals surface area contributed by atoms with Crippen LogP contribution in [0.1, 0.15) is 25.8 Å². The van der Waals surface area contributed by atoms with Gasteiger partial charge in [-0.3, -0.25) is 0 Å². The maximum atomic E-state index is 8.86. The van der Waals surface area contributed by atoms with E-state index in [2.05, 4.69) is 41.2 Å². The van der Waals surface area contributed by atoms with Crippen LogP contribution in [0.3, 0.4) is 0 Å². The number of halogens is 1. The van der Waals surface area contributed by atoms with E-state index in [1.165, 1.54) is 0 Å². The summed E-state index contributed by atoms with van der Waals surface area (Å²) >= 11 is 3.38. The van der Waals surface area contributed by atoms with Crippen LogP contribution in [0.5, 0.6) is 0 Å². The number of ether oxygens (including phenoxy) is 1. The fourth-order valence-corrected chi connectivity index (χ4v) is 1.94. The molecular formula is C14H19BrN2O. The molecule has 0 spiro atoms. The second kappa shape index (κ2) is 8.12. The van der Waals surface area contributed by atoms with Gasteiger partial charge in [0.2, 0.25) is 0 Å². The van der Waals surface area contributed by atoms with Gasteiger partial charge >= 0.3 is 0 Å². The largest absolute Gasteiger partial charge is 0.383 e. The summed E-state index contributed by atoms with van der Waals surface area (Å²) in [7, 11) is 0. The number of rotatable bonds is 7. The van der Waals surface area contributed by atoms with E-state index in [1.807, 2.05) is 12.1 Å². The molecule has 0 aliphatic rings. The van der Waals surface area contributed by atoms with Gasteiger partial charge in [-0.2, -0.15) is 5.26 Å². The maximum Gasteiger partial charge on any atom is 0.0992 e. The fourth-order valence-electron chi connectivity index (χ4n) is 1.44. The smallest absolute Gasteiger partial charge is 0.0992 e. The third-order valence-electron chi connectivity index (χ3n) is 2.44. The Morgan fingerprint density at radius 2 is 2.11 bits per heavy atom. The molecule has 98 valence electrons. The lowest BCUT2D eigenvalue weighted by atomic mass is 10.1. The lowest BCUT2D eigenvalue weighted by molar-refractivity contribution is 0.132. The normalized spacial score (nSPS) is 10.4. The Morgan fingerprint density at radius 3 is 2.78 bits per heavy atom. The Balaban J connectivity index is 2.27. The number of nitrogens with zero attached hydrogens (tertiary/aromatic N) is 1. The Hall–Kier alpha value is -1.05. The second-order valence-corrected chi connectivity index (χ2v) is 5.48. The Morgan fingerprint density at radius 1 is 1.33 bits per heavy atom. The van der Waals surface area contributed by atoms with Crippen LogP contribution in [0, 0.1) is 17.2 Å². The Kier molecular flexibility index (Phi) is 6.77. The molecule has 0 aliphatic heterocycles. The summed E-state index contributed by atoms with van der Waals surface area (Å²) in [5.41, 5.74) is 1.58. The van der Waals surface area contributed by atoms with Crippen LogP contribution in [0.4, 0.5) is 5.69 Å². The van der Waals surface area contributed by atoms with Crippen LogP contribution in [0.2, 0.25) is 0 Å². The van der Waals surface area contributed by atoms with E-state index in [4.69, 9.17) is 10.00 Å². The van der Waals surface area contributed by atoms with E-state index >= 15 is 0 Å². The van der Waals surface area contributed by atoms with Gasteiger partial charge in [-0.15, -0.1) is 0 Å². The first-order valence-electron chi connectivity index (χ1n) is 6.14. The minimum Gasteiger partial charge on any atom is -0.383 e. The van der Waals surface area contributed by atoms with Crippen LogP contribution >= 0.6 is 15.9 Å². The second-order valence-electron chi connectivity index (χ2n) is 4.56. The van der Waals surface area contributed by atoms with Crippen molar-refractivity contribution >= 4 is 21.6 Å². The van der Waals surface area contributed by atoms with Crippen molar-refractivity contribution in [2.45, 2.75) is 20.3 Å². The quantitative estimate of drug-likeness (QED) is 0.779. The molecule has 0 heterocycles. The van der Waals surface area contributed by atoms with Crippen molar-refractivity contribution in [1.29, 1.82) is 5.26 Å². The van der Waals surface area contributed by atoms with E-state index in [9.17, 15) is 0 Å². The highest BCUT2D eigenvalue weighted by atomic mass is 79.9. The van der Waals surface area contributed by atoms with E-state index in [-0.39, 0.29) is 0 Å².